The van der Waals surface area contributed by atoms with Crippen LogP contribution in [0.5, 0.6) is 11.5 Å². The van der Waals surface area contributed by atoms with Crippen molar-refractivity contribution in [1.29, 1.82) is 0 Å². The van der Waals surface area contributed by atoms with Crippen LogP contribution in [0.4, 0.5) is 0 Å². The average molecular weight is 349 g/mol. The first-order chi connectivity index (χ1) is 12.3. The van der Waals surface area contributed by atoms with Gasteiger partial charge in [0.1, 0.15) is 0 Å². The second-order valence-electron chi connectivity index (χ2n) is 6.12. The molecule has 1 aromatic rings. The third-order valence-corrected chi connectivity index (χ3v) is 4.19. The zero-order valence-electron chi connectivity index (χ0n) is 15.6. The van der Waals surface area contributed by atoms with E-state index in [0.717, 1.165) is 49.0 Å². The standard InChI is InChI=1S/C19H31N3O3/c1-4-20-19(21-11-12-23-2)22-14-15-9-10-17(24-3)18(13-15)25-16-7-5-6-8-16/h9-10,13,16H,4-8,11-12,14H2,1-3H3,(H2,20,21,22). The number of hydrogen-bond donors (Lipinski definition) is 2. The first-order valence-corrected chi connectivity index (χ1v) is 9.11. The second kappa shape index (κ2) is 10.8. The maximum Gasteiger partial charge on any atom is 0.191 e. The summed E-state index contributed by atoms with van der Waals surface area (Å²) in [7, 11) is 3.37. The van der Waals surface area contributed by atoms with Crippen molar-refractivity contribution in [2.24, 2.45) is 4.99 Å². The van der Waals surface area contributed by atoms with E-state index in [0.29, 0.717) is 19.3 Å². The topological polar surface area (TPSA) is 64.1 Å². The van der Waals surface area contributed by atoms with Gasteiger partial charge in [0.25, 0.3) is 0 Å². The molecular weight excluding hydrogens is 318 g/mol. The molecule has 1 fully saturated rings. The molecule has 25 heavy (non-hydrogen) atoms. The number of benzene rings is 1. The minimum absolute atomic E-state index is 0.306. The number of ether oxygens (including phenoxy) is 3. The van der Waals surface area contributed by atoms with Gasteiger partial charge in [-0.2, -0.15) is 0 Å². The molecule has 0 bridgehead atoms. The molecule has 2 rings (SSSR count). The summed E-state index contributed by atoms with van der Waals surface area (Å²) in [5.41, 5.74) is 1.10. The Kier molecular flexibility index (Phi) is 8.39. The predicted molar refractivity (Wildman–Crippen MR) is 101 cm³/mol. The van der Waals surface area contributed by atoms with E-state index < -0.39 is 0 Å². The third kappa shape index (κ3) is 6.46. The van der Waals surface area contributed by atoms with Gasteiger partial charge in [-0.15, -0.1) is 0 Å². The average Bonchev–Trinajstić information content (AvgIpc) is 3.13. The monoisotopic (exact) mass is 349 g/mol. The van der Waals surface area contributed by atoms with Gasteiger partial charge in [0, 0.05) is 20.2 Å². The van der Waals surface area contributed by atoms with Gasteiger partial charge in [-0.05, 0) is 50.3 Å². The van der Waals surface area contributed by atoms with Gasteiger partial charge >= 0.3 is 0 Å². The highest BCUT2D eigenvalue weighted by atomic mass is 16.5. The number of nitrogens with zero attached hydrogens (tertiary/aromatic N) is 1. The summed E-state index contributed by atoms with van der Waals surface area (Å²) in [5.74, 6) is 2.39. The fourth-order valence-corrected chi connectivity index (χ4v) is 2.88. The van der Waals surface area contributed by atoms with Crippen LogP contribution < -0.4 is 20.1 Å². The molecule has 0 heterocycles. The molecule has 1 aliphatic carbocycles. The lowest BCUT2D eigenvalue weighted by molar-refractivity contribution is 0.200. The van der Waals surface area contributed by atoms with Crippen molar-refractivity contribution >= 4 is 5.96 Å². The molecule has 0 saturated heterocycles. The molecule has 0 aliphatic heterocycles. The van der Waals surface area contributed by atoms with E-state index in [2.05, 4.69) is 22.5 Å². The zero-order chi connectivity index (χ0) is 17.9. The molecule has 1 saturated carbocycles. The number of guanidine groups is 1. The van der Waals surface area contributed by atoms with Crippen LogP contribution in [0.3, 0.4) is 0 Å². The molecule has 0 spiro atoms. The predicted octanol–water partition coefficient (Wildman–Crippen LogP) is 2.72. The fourth-order valence-electron chi connectivity index (χ4n) is 2.88. The van der Waals surface area contributed by atoms with E-state index >= 15 is 0 Å². The molecule has 0 aromatic heterocycles. The lowest BCUT2D eigenvalue weighted by Crippen LogP contribution is -2.38. The van der Waals surface area contributed by atoms with Crippen molar-refractivity contribution in [3.8, 4) is 11.5 Å². The van der Waals surface area contributed by atoms with Gasteiger partial charge in [-0.1, -0.05) is 6.07 Å². The van der Waals surface area contributed by atoms with Crippen molar-refractivity contribution < 1.29 is 14.2 Å². The number of methoxy groups -OCH3 is 2. The van der Waals surface area contributed by atoms with E-state index in [4.69, 9.17) is 14.2 Å². The molecule has 140 valence electrons. The van der Waals surface area contributed by atoms with E-state index in [-0.39, 0.29) is 0 Å². The maximum atomic E-state index is 6.15. The summed E-state index contributed by atoms with van der Waals surface area (Å²) in [6.45, 7) is 4.81. The van der Waals surface area contributed by atoms with Gasteiger partial charge in [-0.25, -0.2) is 4.99 Å². The molecule has 0 unspecified atom stereocenters. The first-order valence-electron chi connectivity index (χ1n) is 9.11. The number of nitrogens with one attached hydrogen (secondary N) is 2. The van der Waals surface area contributed by atoms with Crippen molar-refractivity contribution in [2.45, 2.75) is 45.3 Å². The molecule has 6 nitrogen and oxygen atoms in total. The molecule has 6 heteroatoms. The van der Waals surface area contributed by atoms with E-state index in [1.807, 2.05) is 18.2 Å². The van der Waals surface area contributed by atoms with Crippen LogP contribution in [0.2, 0.25) is 0 Å². The Balaban J connectivity index is 2.02. The third-order valence-electron chi connectivity index (χ3n) is 4.19. The van der Waals surface area contributed by atoms with Crippen LogP contribution in [0, 0.1) is 0 Å². The largest absolute Gasteiger partial charge is 0.493 e. The van der Waals surface area contributed by atoms with Crippen LogP contribution in [-0.4, -0.2) is 46.0 Å². The maximum absolute atomic E-state index is 6.15. The van der Waals surface area contributed by atoms with Crippen LogP contribution in [0.1, 0.15) is 38.2 Å². The second-order valence-corrected chi connectivity index (χ2v) is 6.12. The van der Waals surface area contributed by atoms with Gasteiger partial charge in [0.2, 0.25) is 0 Å². The quantitative estimate of drug-likeness (QED) is 0.408. The van der Waals surface area contributed by atoms with Gasteiger partial charge < -0.3 is 24.8 Å². The Labute approximate surface area is 151 Å². The van der Waals surface area contributed by atoms with Crippen LogP contribution in [0.25, 0.3) is 0 Å². The van der Waals surface area contributed by atoms with Crippen molar-refractivity contribution in [1.82, 2.24) is 10.6 Å². The molecule has 1 aromatic carbocycles. The normalized spacial score (nSPS) is 15.2. The molecular formula is C19H31N3O3. The Morgan fingerprint density at radius 3 is 2.64 bits per heavy atom. The van der Waals surface area contributed by atoms with Gasteiger partial charge in [-0.3, -0.25) is 0 Å². The zero-order valence-corrected chi connectivity index (χ0v) is 15.6. The summed E-state index contributed by atoms with van der Waals surface area (Å²) in [4.78, 5) is 4.63. The van der Waals surface area contributed by atoms with Crippen molar-refractivity contribution in [2.75, 3.05) is 33.9 Å². The van der Waals surface area contributed by atoms with E-state index in [1.54, 1.807) is 14.2 Å². The van der Waals surface area contributed by atoms with E-state index in [1.165, 1.54) is 12.8 Å². The molecule has 0 atom stereocenters. The number of hydrogen-bond acceptors (Lipinski definition) is 4. The van der Waals surface area contributed by atoms with E-state index in [9.17, 15) is 0 Å². The highest BCUT2D eigenvalue weighted by Gasteiger charge is 2.18. The summed E-state index contributed by atoms with van der Waals surface area (Å²) in [6.07, 6.45) is 5.05. The highest BCUT2D eigenvalue weighted by molar-refractivity contribution is 5.79. The smallest absolute Gasteiger partial charge is 0.191 e. The Morgan fingerprint density at radius 2 is 1.96 bits per heavy atom. The minimum atomic E-state index is 0.306. The van der Waals surface area contributed by atoms with Crippen molar-refractivity contribution in [3.05, 3.63) is 23.8 Å². The van der Waals surface area contributed by atoms with Crippen LogP contribution in [-0.2, 0) is 11.3 Å². The molecule has 0 amide bonds. The Hall–Kier alpha value is -1.95. The first kappa shape index (κ1) is 19.4. The Bertz CT molecular complexity index is 543. The SMILES string of the molecule is CCNC(=NCc1ccc(OC)c(OC2CCCC2)c1)NCCOC. The van der Waals surface area contributed by atoms with Crippen LogP contribution >= 0.6 is 0 Å². The molecule has 2 N–H and O–H groups in total. The highest BCUT2D eigenvalue weighted by Crippen LogP contribution is 2.32. The van der Waals surface area contributed by atoms with Crippen LogP contribution in [0.15, 0.2) is 23.2 Å². The lowest BCUT2D eigenvalue weighted by Gasteiger charge is -2.17. The lowest BCUT2D eigenvalue weighted by atomic mass is 10.2. The fraction of sp³-hybridized carbons (Fsp3) is 0.632. The summed E-state index contributed by atoms with van der Waals surface area (Å²) < 4.78 is 16.7. The van der Waals surface area contributed by atoms with Gasteiger partial charge in [0.05, 0.1) is 26.4 Å². The number of aliphatic imine (C=N–C) groups is 1. The summed E-state index contributed by atoms with van der Waals surface area (Å²) in [5, 5.41) is 6.48. The van der Waals surface area contributed by atoms with Crippen molar-refractivity contribution in [3.63, 3.8) is 0 Å². The molecule has 1 aliphatic rings. The minimum Gasteiger partial charge on any atom is -0.493 e. The summed E-state index contributed by atoms with van der Waals surface area (Å²) >= 11 is 0. The number of rotatable bonds is 9. The van der Waals surface area contributed by atoms with Gasteiger partial charge in [0.15, 0.2) is 17.5 Å². The summed E-state index contributed by atoms with van der Waals surface area (Å²) in [6, 6.07) is 6.03. The molecule has 0 radical (unpaired) electrons. The Morgan fingerprint density at radius 1 is 1.16 bits per heavy atom.